The van der Waals surface area contributed by atoms with Crippen LogP contribution >= 0.6 is 0 Å². The zero-order valence-electron chi connectivity index (χ0n) is 18.3. The number of carbonyl (C=O) groups is 2. The lowest BCUT2D eigenvalue weighted by atomic mass is 9.79. The fourth-order valence-corrected chi connectivity index (χ4v) is 4.43. The van der Waals surface area contributed by atoms with Crippen LogP contribution in [-0.4, -0.2) is 23.1 Å². The second-order valence-electron chi connectivity index (χ2n) is 8.23. The van der Waals surface area contributed by atoms with Gasteiger partial charge in [0.15, 0.2) is 6.10 Å². The molecule has 5 rings (SSSR count). The number of nitrogens with one attached hydrogen (secondary N) is 1. The number of hydrogen-bond acceptors (Lipinski definition) is 4. The fraction of sp³-hybridized carbons (Fsp3) is 0.103. The molecule has 0 saturated carbocycles. The minimum absolute atomic E-state index is 0.289. The summed E-state index contributed by atoms with van der Waals surface area (Å²) in [4.78, 5) is 25.6. The van der Waals surface area contributed by atoms with Gasteiger partial charge in [-0.15, -0.1) is 0 Å². The van der Waals surface area contributed by atoms with Gasteiger partial charge in [-0.3, -0.25) is 4.79 Å². The topological polar surface area (TPSA) is 75.6 Å². The lowest BCUT2D eigenvalue weighted by molar-refractivity contribution is -0.125. The Morgan fingerprint density at radius 2 is 1.35 bits per heavy atom. The Balaban J connectivity index is 1.52. The zero-order valence-corrected chi connectivity index (χ0v) is 18.3. The van der Waals surface area contributed by atoms with E-state index in [1.807, 2.05) is 78.9 Å². The number of anilines is 1. The first-order chi connectivity index (χ1) is 16.6. The Labute approximate surface area is 197 Å². The molecule has 0 aromatic heterocycles. The third-order valence-electron chi connectivity index (χ3n) is 6.14. The average molecular weight is 450 g/mol. The molecule has 34 heavy (non-hydrogen) atoms. The number of fused-ring (bicyclic) bond motifs is 1. The van der Waals surface area contributed by atoms with E-state index in [2.05, 4.69) is 5.32 Å². The van der Waals surface area contributed by atoms with Crippen molar-refractivity contribution in [2.45, 2.75) is 18.1 Å². The lowest BCUT2D eigenvalue weighted by Gasteiger charge is -2.32. The maximum absolute atomic E-state index is 13.2. The summed E-state index contributed by atoms with van der Waals surface area (Å²) < 4.78 is 5.43. The fourth-order valence-electron chi connectivity index (χ4n) is 4.43. The highest BCUT2D eigenvalue weighted by Crippen LogP contribution is 2.40. The first-order valence-electron chi connectivity index (χ1n) is 11.1. The Kier molecular flexibility index (Phi) is 5.70. The van der Waals surface area contributed by atoms with E-state index in [4.69, 9.17) is 4.74 Å². The summed E-state index contributed by atoms with van der Waals surface area (Å²) in [5.41, 5.74) is 2.04. The summed E-state index contributed by atoms with van der Waals surface area (Å²) in [6.45, 7) is 0. The first kappa shape index (κ1) is 21.6. The molecule has 0 saturated heterocycles. The van der Waals surface area contributed by atoms with Crippen molar-refractivity contribution < 1.29 is 19.4 Å². The number of esters is 1. The van der Waals surface area contributed by atoms with Crippen LogP contribution in [0.2, 0.25) is 0 Å². The number of amides is 1. The van der Waals surface area contributed by atoms with E-state index in [0.29, 0.717) is 27.9 Å². The highest BCUT2D eigenvalue weighted by molar-refractivity contribution is 6.00. The van der Waals surface area contributed by atoms with Crippen LogP contribution in [0.1, 0.15) is 32.6 Å². The van der Waals surface area contributed by atoms with Gasteiger partial charge in [0.05, 0.1) is 5.56 Å². The zero-order chi connectivity index (χ0) is 23.5. The van der Waals surface area contributed by atoms with Crippen LogP contribution in [0, 0.1) is 0 Å². The number of hydrogen-bond donors (Lipinski definition) is 2. The van der Waals surface area contributed by atoms with E-state index in [-0.39, 0.29) is 6.42 Å². The number of cyclic esters (lactones) is 1. The highest BCUT2D eigenvalue weighted by atomic mass is 16.5. The molecule has 0 radical (unpaired) electrons. The largest absolute Gasteiger partial charge is 0.448 e. The molecule has 0 aliphatic carbocycles. The van der Waals surface area contributed by atoms with Crippen LogP contribution in [0.15, 0.2) is 109 Å². The van der Waals surface area contributed by atoms with E-state index in [0.717, 1.165) is 5.56 Å². The van der Waals surface area contributed by atoms with Gasteiger partial charge in [-0.05, 0) is 28.8 Å². The Bertz CT molecular complexity index is 1300. The van der Waals surface area contributed by atoms with Gasteiger partial charge < -0.3 is 15.2 Å². The lowest BCUT2D eigenvalue weighted by Crippen LogP contribution is -2.39. The van der Waals surface area contributed by atoms with Crippen LogP contribution in [0.4, 0.5) is 5.69 Å². The maximum Gasteiger partial charge on any atom is 0.339 e. The molecule has 1 aliphatic rings. The van der Waals surface area contributed by atoms with E-state index < -0.39 is 23.6 Å². The van der Waals surface area contributed by atoms with Crippen molar-refractivity contribution in [3.63, 3.8) is 0 Å². The monoisotopic (exact) mass is 449 g/mol. The molecule has 5 nitrogen and oxygen atoms in total. The van der Waals surface area contributed by atoms with Crippen LogP contribution in [0.25, 0.3) is 0 Å². The smallest absolute Gasteiger partial charge is 0.339 e. The molecular weight excluding hydrogens is 426 g/mol. The van der Waals surface area contributed by atoms with Crippen LogP contribution in [0.3, 0.4) is 0 Å². The second-order valence-corrected chi connectivity index (χ2v) is 8.23. The van der Waals surface area contributed by atoms with E-state index in [1.165, 1.54) is 0 Å². The van der Waals surface area contributed by atoms with Crippen molar-refractivity contribution in [3.8, 4) is 0 Å². The molecule has 2 N–H and O–H groups in total. The van der Waals surface area contributed by atoms with Crippen molar-refractivity contribution in [3.05, 3.63) is 137 Å². The number of aliphatic hydroxyl groups is 1. The summed E-state index contributed by atoms with van der Waals surface area (Å²) >= 11 is 0. The molecular formula is C29H23NO4. The van der Waals surface area contributed by atoms with E-state index >= 15 is 0 Å². The van der Waals surface area contributed by atoms with Gasteiger partial charge in [0, 0.05) is 17.7 Å². The van der Waals surface area contributed by atoms with Gasteiger partial charge in [-0.2, -0.15) is 0 Å². The highest BCUT2D eigenvalue weighted by Gasteiger charge is 2.37. The molecule has 1 aliphatic heterocycles. The molecule has 4 aromatic rings. The predicted molar refractivity (Wildman–Crippen MR) is 129 cm³/mol. The third kappa shape index (κ3) is 3.87. The summed E-state index contributed by atoms with van der Waals surface area (Å²) in [6, 6.07) is 32.9. The van der Waals surface area contributed by atoms with Gasteiger partial charge >= 0.3 is 5.97 Å². The van der Waals surface area contributed by atoms with E-state index in [1.54, 1.807) is 30.3 Å². The van der Waals surface area contributed by atoms with Gasteiger partial charge in [-0.25, -0.2) is 4.79 Å². The number of benzene rings is 4. The average Bonchev–Trinajstić information content (AvgIpc) is 2.89. The molecule has 0 spiro atoms. The van der Waals surface area contributed by atoms with Crippen molar-refractivity contribution in [2.24, 2.45) is 0 Å². The number of carbonyl (C=O) groups excluding carboxylic acids is 2. The molecule has 0 unspecified atom stereocenters. The minimum atomic E-state index is -1.51. The molecule has 5 heteroatoms. The van der Waals surface area contributed by atoms with E-state index in [9.17, 15) is 14.7 Å². The van der Waals surface area contributed by atoms with Crippen molar-refractivity contribution >= 4 is 17.6 Å². The molecule has 1 heterocycles. The molecule has 4 aromatic carbocycles. The van der Waals surface area contributed by atoms with Gasteiger partial charge in [0.2, 0.25) is 0 Å². The normalized spacial score (nSPS) is 15.2. The Morgan fingerprint density at radius 3 is 2.03 bits per heavy atom. The summed E-state index contributed by atoms with van der Waals surface area (Å²) in [7, 11) is 0. The SMILES string of the molecule is O=C1O[C@H](C(=O)Nc2ccccc2C(O)(c2ccccc2)c2ccccc2)Cc2ccccc21. The third-order valence-corrected chi connectivity index (χ3v) is 6.14. The molecule has 0 bridgehead atoms. The number of para-hydroxylation sites is 1. The summed E-state index contributed by atoms with van der Waals surface area (Å²) in [5, 5.41) is 15.1. The van der Waals surface area contributed by atoms with Crippen LogP contribution < -0.4 is 5.32 Å². The predicted octanol–water partition coefficient (Wildman–Crippen LogP) is 4.69. The van der Waals surface area contributed by atoms with Gasteiger partial charge in [0.1, 0.15) is 5.60 Å². The van der Waals surface area contributed by atoms with Crippen LogP contribution in [0.5, 0.6) is 0 Å². The molecule has 168 valence electrons. The quantitative estimate of drug-likeness (QED) is 0.342. The Hall–Kier alpha value is -4.22. The summed E-state index contributed by atoms with van der Waals surface area (Å²) in [5.74, 6) is -0.959. The van der Waals surface area contributed by atoms with Gasteiger partial charge in [0.25, 0.3) is 5.91 Å². The number of ether oxygens (including phenoxy) is 1. The van der Waals surface area contributed by atoms with Crippen LogP contribution in [-0.2, 0) is 21.6 Å². The Morgan fingerprint density at radius 1 is 0.794 bits per heavy atom. The maximum atomic E-state index is 13.2. The van der Waals surface area contributed by atoms with Crippen molar-refractivity contribution in [1.29, 1.82) is 0 Å². The standard InChI is InChI=1S/C29H23NO4/c31-27(26-19-20-11-7-8-16-23(20)28(32)34-26)30-25-18-10-9-17-24(25)29(33,21-12-3-1-4-13-21)22-14-5-2-6-15-22/h1-18,26,33H,19H2,(H,30,31)/t26-/m0/s1. The number of rotatable bonds is 5. The van der Waals surface area contributed by atoms with Crippen molar-refractivity contribution in [2.75, 3.05) is 5.32 Å². The van der Waals surface area contributed by atoms with Gasteiger partial charge in [-0.1, -0.05) is 97.1 Å². The first-order valence-corrected chi connectivity index (χ1v) is 11.1. The molecule has 0 fully saturated rings. The van der Waals surface area contributed by atoms with Crippen molar-refractivity contribution in [1.82, 2.24) is 0 Å². The second kappa shape index (κ2) is 8.96. The summed E-state index contributed by atoms with van der Waals surface area (Å²) in [6.07, 6.45) is -0.672. The molecule has 1 amide bonds. The minimum Gasteiger partial charge on any atom is -0.448 e. The molecule has 1 atom stereocenters.